The fourth-order valence-electron chi connectivity index (χ4n) is 5.92. The Morgan fingerprint density at radius 3 is 2.53 bits per heavy atom. The second-order valence-electron chi connectivity index (χ2n) is 9.93. The van der Waals surface area contributed by atoms with Crippen LogP contribution < -0.4 is 5.32 Å². The van der Waals surface area contributed by atoms with E-state index >= 15 is 0 Å². The molecule has 3 aliphatic rings. The van der Waals surface area contributed by atoms with Crippen LogP contribution in [-0.2, 0) is 23.9 Å². The van der Waals surface area contributed by atoms with Crippen molar-refractivity contribution in [2.45, 2.75) is 117 Å². The minimum Gasteiger partial charge on any atom is -0.393 e. The van der Waals surface area contributed by atoms with E-state index in [9.17, 15) is 23.1 Å². The highest BCUT2D eigenvalue weighted by molar-refractivity contribution is 5.79. The number of aliphatic hydroxyl groups excluding tert-OH is 1. The second-order valence-corrected chi connectivity index (χ2v) is 9.93. The van der Waals surface area contributed by atoms with Crippen LogP contribution in [0, 0.1) is 17.8 Å². The van der Waals surface area contributed by atoms with Gasteiger partial charge in [-0.3, -0.25) is 9.78 Å². The number of hydrogen-bond donors (Lipinski definition) is 2. The van der Waals surface area contributed by atoms with E-state index in [0.29, 0.717) is 30.1 Å². The lowest BCUT2D eigenvalue weighted by atomic mass is 9.91. The molecule has 2 aliphatic carbocycles. The average Bonchev–Trinajstić information content (AvgIpc) is 3.51. The van der Waals surface area contributed by atoms with Crippen LogP contribution >= 0.6 is 0 Å². The van der Waals surface area contributed by atoms with E-state index in [-0.39, 0.29) is 42.5 Å². The third-order valence-electron chi connectivity index (χ3n) is 7.83. The first kappa shape index (κ1) is 30.6. The molecule has 2 N–H and O–H groups in total. The minimum atomic E-state index is -4.43. The van der Waals surface area contributed by atoms with Crippen LogP contribution in [0.3, 0.4) is 0 Å². The van der Waals surface area contributed by atoms with Crippen LogP contribution in [0.2, 0.25) is 0 Å². The van der Waals surface area contributed by atoms with Gasteiger partial charge < -0.3 is 15.3 Å². The maximum Gasteiger partial charge on any atom is 0.417 e. The summed E-state index contributed by atoms with van der Waals surface area (Å²) in [6.07, 6.45) is 2.00. The molecule has 1 amide bonds. The summed E-state index contributed by atoms with van der Waals surface area (Å²) < 4.78 is 39.2. The molecule has 206 valence electrons. The molecule has 0 saturated heterocycles. The van der Waals surface area contributed by atoms with E-state index in [1.165, 1.54) is 0 Å². The molecule has 1 aromatic heterocycles. The highest BCUT2D eigenvalue weighted by atomic mass is 19.4. The summed E-state index contributed by atoms with van der Waals surface area (Å²) in [7, 11) is 0. The van der Waals surface area contributed by atoms with Crippen molar-refractivity contribution in [1.29, 1.82) is 0 Å². The lowest BCUT2D eigenvalue weighted by Gasteiger charge is -2.32. The molecular weight excluding hydrogens is 467 g/mol. The molecule has 6 unspecified atom stereocenters. The number of amides is 1. The molecule has 8 heteroatoms. The SMILES string of the molecule is CC.CC.CCC(O)C1CCC(C)C1NC1CCC(C(=O)N2CCc3ncc(C(F)(F)F)cc3C2)C1. The van der Waals surface area contributed by atoms with Crippen LogP contribution in [0.25, 0.3) is 0 Å². The van der Waals surface area contributed by atoms with Crippen LogP contribution in [0.5, 0.6) is 0 Å². The van der Waals surface area contributed by atoms with Gasteiger partial charge in [0.1, 0.15) is 0 Å². The van der Waals surface area contributed by atoms with Crippen molar-refractivity contribution in [2.75, 3.05) is 6.54 Å². The van der Waals surface area contributed by atoms with Crippen LogP contribution in [0.15, 0.2) is 12.3 Å². The van der Waals surface area contributed by atoms with Crippen LogP contribution in [0.4, 0.5) is 13.2 Å². The highest BCUT2D eigenvalue weighted by Crippen LogP contribution is 2.37. The van der Waals surface area contributed by atoms with Gasteiger partial charge in [0.25, 0.3) is 0 Å². The van der Waals surface area contributed by atoms with Gasteiger partial charge in [0.05, 0.1) is 11.7 Å². The van der Waals surface area contributed by atoms with Gasteiger partial charge in [0.2, 0.25) is 5.91 Å². The number of aromatic nitrogens is 1. The first-order chi connectivity index (χ1) is 17.2. The number of fused-ring (bicyclic) bond motifs is 1. The second kappa shape index (κ2) is 13.8. The number of aliphatic hydroxyl groups is 1. The fraction of sp³-hybridized carbons (Fsp3) is 0.786. The van der Waals surface area contributed by atoms with E-state index < -0.39 is 11.7 Å². The van der Waals surface area contributed by atoms with Crippen molar-refractivity contribution in [2.24, 2.45) is 17.8 Å². The zero-order valence-corrected chi connectivity index (χ0v) is 22.9. The topological polar surface area (TPSA) is 65.5 Å². The maximum atomic E-state index is 13.2. The van der Waals surface area contributed by atoms with Gasteiger partial charge in [0.15, 0.2) is 0 Å². The monoisotopic (exact) mass is 513 g/mol. The Kier molecular flexibility index (Phi) is 11.7. The summed E-state index contributed by atoms with van der Waals surface area (Å²) in [5, 5.41) is 14.2. The molecule has 0 radical (unpaired) electrons. The Balaban J connectivity index is 0.00000109. The molecule has 36 heavy (non-hydrogen) atoms. The third-order valence-corrected chi connectivity index (χ3v) is 7.83. The van der Waals surface area contributed by atoms with Gasteiger partial charge in [-0.05, 0) is 56.1 Å². The van der Waals surface area contributed by atoms with Gasteiger partial charge in [-0.2, -0.15) is 13.2 Å². The predicted molar refractivity (Wildman–Crippen MR) is 137 cm³/mol. The lowest BCUT2D eigenvalue weighted by Crippen LogP contribution is -2.46. The summed E-state index contributed by atoms with van der Waals surface area (Å²) in [5.74, 6) is 0.713. The summed E-state index contributed by atoms with van der Waals surface area (Å²) in [6, 6.07) is 1.66. The van der Waals surface area contributed by atoms with Crippen molar-refractivity contribution >= 4 is 5.91 Å². The van der Waals surface area contributed by atoms with Crippen molar-refractivity contribution in [1.82, 2.24) is 15.2 Å². The van der Waals surface area contributed by atoms with E-state index in [1.54, 1.807) is 4.90 Å². The number of carbonyl (C=O) groups excluding carboxylic acids is 1. The summed E-state index contributed by atoms with van der Waals surface area (Å²) in [6.45, 7) is 12.9. The molecule has 2 saturated carbocycles. The van der Waals surface area contributed by atoms with Gasteiger partial charge in [-0.25, -0.2) is 0 Å². The largest absolute Gasteiger partial charge is 0.417 e. The number of rotatable bonds is 5. The molecule has 1 aromatic rings. The van der Waals surface area contributed by atoms with E-state index in [4.69, 9.17) is 0 Å². The molecule has 4 rings (SSSR count). The quantitative estimate of drug-likeness (QED) is 0.508. The summed E-state index contributed by atoms with van der Waals surface area (Å²) in [4.78, 5) is 18.9. The van der Waals surface area contributed by atoms with Gasteiger partial charge >= 0.3 is 6.18 Å². The Morgan fingerprint density at radius 2 is 1.89 bits per heavy atom. The van der Waals surface area contributed by atoms with Gasteiger partial charge in [0, 0.05) is 55.3 Å². The summed E-state index contributed by atoms with van der Waals surface area (Å²) >= 11 is 0. The Labute approximate surface area is 215 Å². The molecule has 6 atom stereocenters. The number of pyridine rings is 1. The predicted octanol–water partition coefficient (Wildman–Crippen LogP) is 5.98. The van der Waals surface area contributed by atoms with Crippen molar-refractivity contribution < 1.29 is 23.1 Å². The first-order valence-corrected chi connectivity index (χ1v) is 13.9. The third kappa shape index (κ3) is 7.21. The smallest absolute Gasteiger partial charge is 0.393 e. The maximum absolute atomic E-state index is 13.2. The van der Waals surface area contributed by atoms with E-state index in [1.807, 2.05) is 34.6 Å². The number of hydrogen-bond acceptors (Lipinski definition) is 4. The van der Waals surface area contributed by atoms with Gasteiger partial charge in [-0.1, -0.05) is 41.5 Å². The Hall–Kier alpha value is -1.67. The first-order valence-electron chi connectivity index (χ1n) is 13.9. The molecule has 2 heterocycles. The Bertz CT molecular complexity index is 833. The Morgan fingerprint density at radius 1 is 1.19 bits per heavy atom. The standard InChI is InChI=1S/C24H34F3N3O2.2C2H6/c1-3-21(31)19-7-4-14(2)22(19)29-18-6-5-15(11-18)23(32)30-9-8-20-16(13-30)10-17(12-28-20)24(25,26)27;2*1-2/h10,12,14-15,18-19,21-22,29,31H,3-9,11,13H2,1-2H3;2*1-2H3. The van der Waals surface area contributed by atoms with Crippen molar-refractivity contribution in [3.8, 4) is 0 Å². The normalized spacial score (nSPS) is 28.4. The number of nitrogens with zero attached hydrogens (tertiary/aromatic N) is 2. The molecule has 0 aromatic carbocycles. The van der Waals surface area contributed by atoms with E-state index in [2.05, 4.69) is 17.2 Å². The van der Waals surface area contributed by atoms with Crippen LogP contribution in [-0.4, -0.2) is 45.6 Å². The number of nitrogens with one attached hydrogen (secondary N) is 1. The molecule has 0 bridgehead atoms. The van der Waals surface area contributed by atoms with Crippen LogP contribution in [0.1, 0.15) is 96.9 Å². The number of halogens is 3. The van der Waals surface area contributed by atoms with Crippen molar-refractivity contribution in [3.63, 3.8) is 0 Å². The number of alkyl halides is 3. The number of carbonyl (C=O) groups is 1. The molecule has 5 nitrogen and oxygen atoms in total. The molecular formula is C28H46F3N3O2. The molecule has 1 aliphatic heterocycles. The average molecular weight is 514 g/mol. The zero-order valence-electron chi connectivity index (χ0n) is 22.9. The van der Waals surface area contributed by atoms with Crippen molar-refractivity contribution in [3.05, 3.63) is 29.1 Å². The fourth-order valence-corrected chi connectivity index (χ4v) is 5.92. The zero-order chi connectivity index (χ0) is 27.0. The van der Waals surface area contributed by atoms with E-state index in [0.717, 1.165) is 50.8 Å². The molecule has 0 spiro atoms. The minimum absolute atomic E-state index is 0.0435. The lowest BCUT2D eigenvalue weighted by molar-refractivity contribution is -0.138. The molecule has 2 fully saturated rings. The van der Waals surface area contributed by atoms with Gasteiger partial charge in [-0.15, -0.1) is 0 Å². The highest BCUT2D eigenvalue weighted by Gasteiger charge is 2.41. The summed E-state index contributed by atoms with van der Waals surface area (Å²) in [5.41, 5.74) is 0.400.